The number of hydrogen-bond acceptors (Lipinski definition) is 0. The van der Waals surface area contributed by atoms with Crippen LogP contribution in [-0.2, 0) is 19.3 Å². The largest absolute Gasteiger partial charge is 0.0596 e. The number of hydrogen-bond donors (Lipinski definition) is 0. The van der Waals surface area contributed by atoms with Crippen LogP contribution in [0.3, 0.4) is 0 Å². The Bertz CT molecular complexity index is 420. The standard InChI is InChI=1S/C16H22/c1-16(2,3)14-10-9-12-8-7-11-5-4-6-13(11)15(12)14/h7-8,14H,4-6,9-10H2,1-3H3. The van der Waals surface area contributed by atoms with E-state index in [1.165, 1.54) is 32.1 Å². The molecule has 1 atom stereocenters. The predicted molar refractivity (Wildman–Crippen MR) is 69.0 cm³/mol. The summed E-state index contributed by atoms with van der Waals surface area (Å²) < 4.78 is 0. The lowest BCUT2D eigenvalue weighted by Gasteiger charge is -2.29. The Balaban J connectivity index is 2.14. The lowest BCUT2D eigenvalue weighted by Crippen LogP contribution is -2.17. The van der Waals surface area contributed by atoms with Crippen LogP contribution < -0.4 is 0 Å². The molecule has 0 aromatic heterocycles. The normalized spacial score (nSPS) is 23.3. The molecular formula is C16H22. The van der Waals surface area contributed by atoms with E-state index in [9.17, 15) is 0 Å². The van der Waals surface area contributed by atoms with Crippen LogP contribution in [0.1, 0.15) is 61.8 Å². The van der Waals surface area contributed by atoms with Gasteiger partial charge in [0.2, 0.25) is 0 Å². The molecule has 0 saturated carbocycles. The highest BCUT2D eigenvalue weighted by atomic mass is 14.4. The van der Waals surface area contributed by atoms with Crippen molar-refractivity contribution in [2.45, 2.75) is 58.8 Å². The van der Waals surface area contributed by atoms with Crippen molar-refractivity contribution in [3.05, 3.63) is 34.4 Å². The van der Waals surface area contributed by atoms with Crippen LogP contribution in [0.4, 0.5) is 0 Å². The molecule has 0 nitrogen and oxygen atoms in total. The van der Waals surface area contributed by atoms with Gasteiger partial charge in [-0.3, -0.25) is 0 Å². The van der Waals surface area contributed by atoms with Crippen molar-refractivity contribution in [1.29, 1.82) is 0 Å². The van der Waals surface area contributed by atoms with E-state index in [4.69, 9.17) is 0 Å². The minimum Gasteiger partial charge on any atom is -0.0596 e. The van der Waals surface area contributed by atoms with Crippen molar-refractivity contribution in [1.82, 2.24) is 0 Å². The maximum absolute atomic E-state index is 2.41. The zero-order chi connectivity index (χ0) is 11.3. The van der Waals surface area contributed by atoms with Gasteiger partial charge in [-0.15, -0.1) is 0 Å². The zero-order valence-corrected chi connectivity index (χ0v) is 10.8. The second-order valence-electron chi connectivity index (χ2n) is 6.59. The minimum atomic E-state index is 0.433. The average molecular weight is 214 g/mol. The Hall–Kier alpha value is -0.780. The maximum Gasteiger partial charge on any atom is -0.0105 e. The molecule has 0 fully saturated rings. The molecule has 1 aromatic carbocycles. The van der Waals surface area contributed by atoms with Crippen LogP contribution in [0.5, 0.6) is 0 Å². The Morgan fingerprint density at radius 3 is 2.50 bits per heavy atom. The third-order valence-corrected chi connectivity index (χ3v) is 4.51. The summed E-state index contributed by atoms with van der Waals surface area (Å²) >= 11 is 0. The second kappa shape index (κ2) is 3.35. The average Bonchev–Trinajstić information content (AvgIpc) is 2.81. The molecule has 0 heteroatoms. The zero-order valence-electron chi connectivity index (χ0n) is 10.8. The third kappa shape index (κ3) is 1.43. The smallest absolute Gasteiger partial charge is 0.0105 e. The first-order valence-electron chi connectivity index (χ1n) is 6.71. The first-order chi connectivity index (χ1) is 7.57. The lowest BCUT2D eigenvalue weighted by atomic mass is 9.75. The van der Waals surface area contributed by atoms with Crippen LogP contribution in [0, 0.1) is 5.41 Å². The molecule has 0 heterocycles. The fraction of sp³-hybridized carbons (Fsp3) is 0.625. The van der Waals surface area contributed by atoms with Crippen molar-refractivity contribution in [2.24, 2.45) is 5.41 Å². The molecule has 0 spiro atoms. The summed E-state index contributed by atoms with van der Waals surface area (Å²) in [4.78, 5) is 0. The molecule has 86 valence electrons. The van der Waals surface area contributed by atoms with Gasteiger partial charge >= 0.3 is 0 Å². The summed E-state index contributed by atoms with van der Waals surface area (Å²) in [5, 5.41) is 0. The molecule has 3 rings (SSSR count). The first kappa shape index (κ1) is 10.4. The Kier molecular flexibility index (Phi) is 2.18. The molecule has 0 N–H and O–H groups in total. The van der Waals surface area contributed by atoms with E-state index in [0.717, 1.165) is 5.92 Å². The van der Waals surface area contributed by atoms with Gasteiger partial charge in [-0.05, 0) is 65.7 Å². The van der Waals surface area contributed by atoms with Gasteiger partial charge in [0.15, 0.2) is 0 Å². The molecule has 0 aliphatic heterocycles. The third-order valence-electron chi connectivity index (χ3n) is 4.51. The van der Waals surface area contributed by atoms with Gasteiger partial charge in [-0.2, -0.15) is 0 Å². The summed E-state index contributed by atoms with van der Waals surface area (Å²) in [6, 6.07) is 4.80. The maximum atomic E-state index is 2.41. The Morgan fingerprint density at radius 1 is 1.00 bits per heavy atom. The van der Waals surface area contributed by atoms with E-state index in [2.05, 4.69) is 32.9 Å². The van der Waals surface area contributed by atoms with Crippen LogP contribution in [0.25, 0.3) is 0 Å². The van der Waals surface area contributed by atoms with Crippen molar-refractivity contribution in [2.75, 3.05) is 0 Å². The van der Waals surface area contributed by atoms with E-state index in [1.807, 2.05) is 0 Å². The van der Waals surface area contributed by atoms with E-state index in [1.54, 1.807) is 22.3 Å². The molecular weight excluding hydrogens is 192 g/mol. The fourth-order valence-corrected chi connectivity index (χ4v) is 3.71. The van der Waals surface area contributed by atoms with Crippen LogP contribution in [0.2, 0.25) is 0 Å². The predicted octanol–water partition coefficient (Wildman–Crippen LogP) is 4.25. The Morgan fingerprint density at radius 2 is 1.75 bits per heavy atom. The van der Waals surface area contributed by atoms with E-state index in [-0.39, 0.29) is 0 Å². The molecule has 1 unspecified atom stereocenters. The molecule has 2 aliphatic rings. The van der Waals surface area contributed by atoms with Crippen LogP contribution >= 0.6 is 0 Å². The van der Waals surface area contributed by atoms with Crippen LogP contribution in [0.15, 0.2) is 12.1 Å². The molecule has 0 bridgehead atoms. The van der Waals surface area contributed by atoms with Crippen LogP contribution in [-0.4, -0.2) is 0 Å². The topological polar surface area (TPSA) is 0 Å². The number of benzene rings is 1. The van der Waals surface area contributed by atoms with Gasteiger partial charge in [0.05, 0.1) is 0 Å². The quantitative estimate of drug-likeness (QED) is 0.605. The highest BCUT2D eigenvalue weighted by Crippen LogP contribution is 2.48. The summed E-state index contributed by atoms with van der Waals surface area (Å²) in [5.41, 5.74) is 7.22. The van der Waals surface area contributed by atoms with E-state index < -0.39 is 0 Å². The first-order valence-corrected chi connectivity index (χ1v) is 6.71. The molecule has 0 saturated heterocycles. The SMILES string of the molecule is CC(C)(C)C1CCc2ccc3c(c21)CCC3. The summed E-state index contributed by atoms with van der Waals surface area (Å²) in [6.07, 6.45) is 6.72. The molecule has 16 heavy (non-hydrogen) atoms. The highest BCUT2D eigenvalue weighted by molar-refractivity contribution is 5.48. The van der Waals surface area contributed by atoms with Gasteiger partial charge in [-0.1, -0.05) is 32.9 Å². The fourth-order valence-electron chi connectivity index (χ4n) is 3.71. The van der Waals surface area contributed by atoms with Gasteiger partial charge < -0.3 is 0 Å². The highest BCUT2D eigenvalue weighted by Gasteiger charge is 2.35. The monoisotopic (exact) mass is 214 g/mol. The molecule has 2 aliphatic carbocycles. The van der Waals surface area contributed by atoms with Crippen molar-refractivity contribution < 1.29 is 0 Å². The minimum absolute atomic E-state index is 0.433. The number of rotatable bonds is 0. The molecule has 1 aromatic rings. The molecule has 0 amide bonds. The van der Waals surface area contributed by atoms with E-state index >= 15 is 0 Å². The Labute approximate surface area is 99.1 Å². The molecule has 0 radical (unpaired) electrons. The van der Waals surface area contributed by atoms with Crippen molar-refractivity contribution >= 4 is 0 Å². The number of fused-ring (bicyclic) bond motifs is 3. The number of aryl methyl sites for hydroxylation is 2. The van der Waals surface area contributed by atoms with Gasteiger partial charge in [0.25, 0.3) is 0 Å². The van der Waals surface area contributed by atoms with Gasteiger partial charge in [0, 0.05) is 0 Å². The summed E-state index contributed by atoms with van der Waals surface area (Å²) in [6.45, 7) is 7.21. The summed E-state index contributed by atoms with van der Waals surface area (Å²) in [7, 11) is 0. The van der Waals surface area contributed by atoms with Crippen molar-refractivity contribution in [3.63, 3.8) is 0 Å². The van der Waals surface area contributed by atoms with E-state index in [0.29, 0.717) is 5.41 Å². The lowest BCUT2D eigenvalue weighted by molar-refractivity contribution is 0.318. The summed E-state index contributed by atoms with van der Waals surface area (Å²) in [5.74, 6) is 0.801. The van der Waals surface area contributed by atoms with Gasteiger partial charge in [0.1, 0.15) is 0 Å². The second-order valence-corrected chi connectivity index (χ2v) is 6.59. The van der Waals surface area contributed by atoms with Crippen molar-refractivity contribution in [3.8, 4) is 0 Å². The van der Waals surface area contributed by atoms with Gasteiger partial charge in [-0.25, -0.2) is 0 Å².